The number of carbonyl (C=O) groups is 4. The van der Waals surface area contributed by atoms with Crippen LogP contribution >= 0.6 is 0 Å². The van der Waals surface area contributed by atoms with Gasteiger partial charge in [-0.05, 0) is 26.7 Å². The van der Waals surface area contributed by atoms with Gasteiger partial charge in [0.2, 0.25) is 0 Å². The standard InChI is InChI=1S/C22H26O9/c1-10(2)19(24)29-16-14-11(3)20(25)30-17(14)18-22(5,31-18)9-7-8-13(21(26)27-6)15(16)28-12(4)23/h8,14-18H,1,3,7,9H2,2,4-6H3/t14-,15+,16-,17-,18+,22+/m1/s1. The van der Waals surface area contributed by atoms with Gasteiger partial charge in [0.15, 0.2) is 12.2 Å². The van der Waals surface area contributed by atoms with E-state index in [-0.39, 0.29) is 16.7 Å². The summed E-state index contributed by atoms with van der Waals surface area (Å²) in [5, 5.41) is 0. The van der Waals surface area contributed by atoms with E-state index in [1.54, 1.807) is 6.08 Å². The number of rotatable bonds is 4. The molecule has 0 amide bonds. The lowest BCUT2D eigenvalue weighted by Crippen LogP contribution is -2.48. The third kappa shape index (κ3) is 4.27. The molecule has 9 nitrogen and oxygen atoms in total. The Morgan fingerprint density at radius 2 is 1.90 bits per heavy atom. The van der Waals surface area contributed by atoms with Crippen molar-refractivity contribution in [3.05, 3.63) is 36.0 Å². The molecule has 0 spiro atoms. The molecule has 0 unspecified atom stereocenters. The van der Waals surface area contributed by atoms with Crippen LogP contribution in [-0.4, -0.2) is 61.0 Å². The fourth-order valence-electron chi connectivity index (χ4n) is 4.10. The number of hydrogen-bond acceptors (Lipinski definition) is 9. The van der Waals surface area contributed by atoms with Gasteiger partial charge in [0, 0.05) is 18.1 Å². The average molecular weight is 434 g/mol. The number of methoxy groups -OCH3 is 1. The monoisotopic (exact) mass is 434 g/mol. The molecule has 0 saturated carbocycles. The maximum Gasteiger partial charge on any atom is 0.337 e. The Morgan fingerprint density at radius 1 is 1.23 bits per heavy atom. The van der Waals surface area contributed by atoms with Crippen LogP contribution in [0, 0.1) is 5.92 Å². The summed E-state index contributed by atoms with van der Waals surface area (Å²) >= 11 is 0. The minimum absolute atomic E-state index is 0.00851. The van der Waals surface area contributed by atoms with E-state index in [0.717, 1.165) is 6.92 Å². The third-order valence-electron chi connectivity index (χ3n) is 5.77. The normalized spacial score (nSPS) is 34.3. The Hall–Kier alpha value is -2.94. The van der Waals surface area contributed by atoms with Crippen LogP contribution in [0.1, 0.15) is 33.6 Å². The Labute approximate surface area is 180 Å². The highest BCUT2D eigenvalue weighted by molar-refractivity contribution is 5.93. The number of ether oxygens (including phenoxy) is 5. The van der Waals surface area contributed by atoms with Gasteiger partial charge in [0.25, 0.3) is 0 Å². The fourth-order valence-corrected chi connectivity index (χ4v) is 4.10. The van der Waals surface area contributed by atoms with Gasteiger partial charge in [0.1, 0.15) is 12.2 Å². The van der Waals surface area contributed by atoms with Crippen LogP contribution in [0.3, 0.4) is 0 Å². The lowest BCUT2D eigenvalue weighted by Gasteiger charge is -2.33. The molecule has 2 saturated heterocycles. The predicted octanol–water partition coefficient (Wildman–Crippen LogP) is 1.55. The summed E-state index contributed by atoms with van der Waals surface area (Å²) in [7, 11) is 1.19. The molecule has 3 aliphatic rings. The lowest BCUT2D eigenvalue weighted by molar-refractivity contribution is -0.168. The largest absolute Gasteiger partial charge is 0.466 e. The lowest BCUT2D eigenvalue weighted by atomic mass is 9.80. The number of fused-ring (bicyclic) bond motifs is 3. The van der Waals surface area contributed by atoms with E-state index in [9.17, 15) is 19.2 Å². The second-order valence-corrected chi connectivity index (χ2v) is 8.14. The molecule has 2 aliphatic heterocycles. The van der Waals surface area contributed by atoms with E-state index < -0.39 is 59.8 Å². The van der Waals surface area contributed by atoms with Gasteiger partial charge in [-0.3, -0.25) is 4.79 Å². The molecule has 1 aliphatic carbocycles. The molecule has 6 atom stereocenters. The van der Waals surface area contributed by atoms with Crippen LogP contribution in [0.4, 0.5) is 0 Å². The first-order valence-corrected chi connectivity index (χ1v) is 9.90. The zero-order valence-corrected chi connectivity index (χ0v) is 18.0. The van der Waals surface area contributed by atoms with Crippen molar-refractivity contribution in [1.29, 1.82) is 0 Å². The van der Waals surface area contributed by atoms with E-state index in [4.69, 9.17) is 23.7 Å². The van der Waals surface area contributed by atoms with Crippen molar-refractivity contribution < 1.29 is 42.9 Å². The van der Waals surface area contributed by atoms with E-state index >= 15 is 0 Å². The summed E-state index contributed by atoms with van der Waals surface area (Å²) in [5.74, 6) is -3.84. The minimum Gasteiger partial charge on any atom is -0.466 e. The second kappa shape index (κ2) is 8.30. The average Bonchev–Trinajstić information content (AvgIpc) is 3.28. The van der Waals surface area contributed by atoms with E-state index in [0.29, 0.717) is 12.8 Å². The van der Waals surface area contributed by atoms with E-state index in [1.807, 2.05) is 6.92 Å². The van der Waals surface area contributed by atoms with Crippen LogP contribution in [0.5, 0.6) is 0 Å². The quantitative estimate of drug-likeness (QED) is 0.281. The first-order chi connectivity index (χ1) is 14.5. The van der Waals surface area contributed by atoms with Crippen molar-refractivity contribution in [3.63, 3.8) is 0 Å². The van der Waals surface area contributed by atoms with Crippen LogP contribution in [0.25, 0.3) is 0 Å². The predicted molar refractivity (Wildman–Crippen MR) is 105 cm³/mol. The molecule has 31 heavy (non-hydrogen) atoms. The van der Waals surface area contributed by atoms with Crippen molar-refractivity contribution in [2.24, 2.45) is 5.92 Å². The molecule has 3 rings (SSSR count). The van der Waals surface area contributed by atoms with Crippen LogP contribution in [-0.2, 0) is 42.9 Å². The number of allylic oxidation sites excluding steroid dienone is 1. The summed E-state index contributed by atoms with van der Waals surface area (Å²) < 4.78 is 27.4. The minimum atomic E-state index is -1.35. The van der Waals surface area contributed by atoms with Gasteiger partial charge in [0.05, 0.1) is 24.2 Å². The number of esters is 4. The summed E-state index contributed by atoms with van der Waals surface area (Å²) in [4.78, 5) is 49.5. The molecule has 2 heterocycles. The number of epoxide rings is 1. The molecule has 0 N–H and O–H groups in total. The van der Waals surface area contributed by atoms with Crippen molar-refractivity contribution >= 4 is 23.9 Å². The highest BCUT2D eigenvalue weighted by Crippen LogP contribution is 2.50. The molecule has 0 aromatic heterocycles. The fraction of sp³-hybridized carbons (Fsp3) is 0.545. The molecular formula is C22H26O9. The van der Waals surface area contributed by atoms with Gasteiger partial charge in [-0.15, -0.1) is 0 Å². The topological polar surface area (TPSA) is 118 Å². The maximum absolute atomic E-state index is 12.6. The van der Waals surface area contributed by atoms with Gasteiger partial charge in [-0.25, -0.2) is 14.4 Å². The molecule has 0 aromatic carbocycles. The van der Waals surface area contributed by atoms with E-state index in [1.165, 1.54) is 14.0 Å². The zero-order valence-electron chi connectivity index (χ0n) is 18.0. The molecule has 0 aromatic rings. The number of hydrogen-bond donors (Lipinski definition) is 0. The SMILES string of the molecule is C=C(C)C(=O)O[C@@H]1[C@H]2C(=C)C(=O)O[C@H]2[C@@H]2O[C@@]2(C)CCC=C(C(=O)OC)[C@@H]1OC(C)=O. The van der Waals surface area contributed by atoms with Crippen LogP contribution in [0.15, 0.2) is 36.0 Å². The van der Waals surface area contributed by atoms with Gasteiger partial charge >= 0.3 is 23.9 Å². The summed E-state index contributed by atoms with van der Waals surface area (Å²) in [6.07, 6.45) is -1.45. The summed E-state index contributed by atoms with van der Waals surface area (Å²) in [6.45, 7) is 11.9. The maximum atomic E-state index is 12.6. The molecule has 2 fully saturated rings. The van der Waals surface area contributed by atoms with Gasteiger partial charge < -0.3 is 23.7 Å². The molecule has 0 bridgehead atoms. The summed E-state index contributed by atoms with van der Waals surface area (Å²) in [5.41, 5.74) is -0.486. The Morgan fingerprint density at radius 3 is 2.48 bits per heavy atom. The van der Waals surface area contributed by atoms with Crippen molar-refractivity contribution in [2.75, 3.05) is 7.11 Å². The molecule has 0 radical (unpaired) electrons. The first-order valence-electron chi connectivity index (χ1n) is 9.90. The Balaban J connectivity index is 2.17. The van der Waals surface area contributed by atoms with Crippen LogP contribution in [0.2, 0.25) is 0 Å². The second-order valence-electron chi connectivity index (χ2n) is 8.14. The Bertz CT molecular complexity index is 885. The number of carbonyl (C=O) groups excluding carboxylic acids is 4. The van der Waals surface area contributed by atoms with Gasteiger partial charge in [-0.1, -0.05) is 19.2 Å². The highest BCUT2D eigenvalue weighted by atomic mass is 16.7. The van der Waals surface area contributed by atoms with Crippen molar-refractivity contribution in [1.82, 2.24) is 0 Å². The van der Waals surface area contributed by atoms with E-state index in [2.05, 4.69) is 13.2 Å². The van der Waals surface area contributed by atoms with Crippen molar-refractivity contribution in [2.45, 2.75) is 63.6 Å². The van der Waals surface area contributed by atoms with Gasteiger partial charge in [-0.2, -0.15) is 0 Å². The first kappa shape index (κ1) is 22.7. The summed E-state index contributed by atoms with van der Waals surface area (Å²) in [6, 6.07) is 0. The molecular weight excluding hydrogens is 408 g/mol. The Kier molecular flexibility index (Phi) is 6.09. The molecule has 168 valence electrons. The van der Waals surface area contributed by atoms with Crippen molar-refractivity contribution in [3.8, 4) is 0 Å². The zero-order chi connectivity index (χ0) is 23.1. The highest BCUT2D eigenvalue weighted by Gasteiger charge is 2.64. The van der Waals surface area contributed by atoms with Crippen LogP contribution < -0.4 is 0 Å². The molecule has 9 heteroatoms. The smallest absolute Gasteiger partial charge is 0.337 e. The third-order valence-corrected chi connectivity index (χ3v) is 5.77.